The number of hydrogen-bond donors (Lipinski definition) is 1. The molecule has 1 N–H and O–H groups in total. The van der Waals surface area contributed by atoms with Gasteiger partial charge in [-0.1, -0.05) is 0 Å². The van der Waals surface area contributed by atoms with Crippen molar-refractivity contribution in [3.63, 3.8) is 0 Å². The molecule has 0 bridgehead atoms. The van der Waals surface area contributed by atoms with E-state index in [1.807, 2.05) is 0 Å². The minimum absolute atomic E-state index is 0.0803. The minimum Gasteiger partial charge on any atom is -0.492 e. The van der Waals surface area contributed by atoms with Crippen molar-refractivity contribution in [2.45, 2.75) is 32.4 Å². The summed E-state index contributed by atoms with van der Waals surface area (Å²) in [5, 5.41) is 3.06. The molecule has 2 rings (SSSR count). The summed E-state index contributed by atoms with van der Waals surface area (Å²) in [7, 11) is 1.75. The molecule has 1 heterocycles. The predicted molar refractivity (Wildman–Crippen MR) is 88.2 cm³/mol. The first kappa shape index (κ1) is 17.5. The van der Waals surface area contributed by atoms with Gasteiger partial charge in [-0.3, -0.25) is 4.90 Å². The molecule has 0 saturated carbocycles. The number of nitrogens with zero attached hydrogens (tertiary/aromatic N) is 2. The number of hydrogen-bond acceptors (Lipinski definition) is 3. The van der Waals surface area contributed by atoms with Gasteiger partial charge in [0.05, 0.1) is 6.54 Å². The van der Waals surface area contributed by atoms with Crippen LogP contribution in [0.5, 0.6) is 5.75 Å². The Morgan fingerprint density at radius 3 is 2.74 bits per heavy atom. The number of carbonyl (C=O) groups is 1. The summed E-state index contributed by atoms with van der Waals surface area (Å²) < 4.78 is 18.3. The van der Waals surface area contributed by atoms with E-state index in [0.717, 1.165) is 19.5 Å². The number of halogens is 1. The van der Waals surface area contributed by atoms with Gasteiger partial charge in [0.2, 0.25) is 0 Å². The first-order valence-corrected chi connectivity index (χ1v) is 8.09. The molecule has 1 aliphatic heterocycles. The second-order valence-corrected chi connectivity index (χ2v) is 6.25. The highest BCUT2D eigenvalue weighted by Crippen LogP contribution is 2.13. The van der Waals surface area contributed by atoms with Crippen molar-refractivity contribution >= 4 is 6.03 Å². The molecule has 128 valence electrons. The van der Waals surface area contributed by atoms with Gasteiger partial charge < -0.3 is 15.0 Å². The zero-order chi connectivity index (χ0) is 16.8. The molecule has 5 nitrogen and oxygen atoms in total. The predicted octanol–water partition coefficient (Wildman–Crippen LogP) is 2.33. The monoisotopic (exact) mass is 323 g/mol. The highest BCUT2D eigenvalue weighted by atomic mass is 19.1. The van der Waals surface area contributed by atoms with Gasteiger partial charge in [0.25, 0.3) is 0 Å². The lowest BCUT2D eigenvalue weighted by molar-refractivity contribution is 0.190. The lowest BCUT2D eigenvalue weighted by atomic mass is 10.3. The molecule has 0 aromatic heterocycles. The first-order chi connectivity index (χ1) is 11.0. The third-order valence-corrected chi connectivity index (χ3v) is 4.13. The number of urea groups is 1. The first-order valence-electron chi connectivity index (χ1n) is 8.09. The Morgan fingerprint density at radius 2 is 2.13 bits per heavy atom. The molecule has 1 atom stereocenters. The standard InChI is InChI=1S/C17H26FN3O2/c1-13(2)21-9-8-15(12-21)19-17(22)20(3)10-11-23-16-6-4-14(18)5-7-16/h4-7,13,15H,8-12H2,1-3H3,(H,19,22). The van der Waals surface area contributed by atoms with Crippen LogP contribution in [-0.4, -0.2) is 61.2 Å². The van der Waals surface area contributed by atoms with Crippen molar-refractivity contribution in [1.29, 1.82) is 0 Å². The summed E-state index contributed by atoms with van der Waals surface area (Å²) in [4.78, 5) is 16.1. The summed E-state index contributed by atoms with van der Waals surface area (Å²) in [6.45, 7) is 7.12. The van der Waals surface area contributed by atoms with Crippen molar-refractivity contribution in [1.82, 2.24) is 15.1 Å². The van der Waals surface area contributed by atoms with Gasteiger partial charge in [-0.15, -0.1) is 0 Å². The van der Waals surface area contributed by atoms with Crippen molar-refractivity contribution in [3.8, 4) is 5.75 Å². The van der Waals surface area contributed by atoms with Crippen LogP contribution in [0.25, 0.3) is 0 Å². The molecule has 0 radical (unpaired) electrons. The van der Waals surface area contributed by atoms with Crippen molar-refractivity contribution in [3.05, 3.63) is 30.1 Å². The normalized spacial score (nSPS) is 18.2. The van der Waals surface area contributed by atoms with Gasteiger partial charge >= 0.3 is 6.03 Å². The third-order valence-electron chi connectivity index (χ3n) is 4.13. The van der Waals surface area contributed by atoms with Crippen molar-refractivity contribution in [2.75, 3.05) is 33.3 Å². The van der Waals surface area contributed by atoms with E-state index in [0.29, 0.717) is 24.9 Å². The van der Waals surface area contributed by atoms with Crippen molar-refractivity contribution in [2.24, 2.45) is 0 Å². The van der Waals surface area contributed by atoms with Gasteiger partial charge in [0.1, 0.15) is 18.2 Å². The molecular weight excluding hydrogens is 297 g/mol. The molecule has 6 heteroatoms. The largest absolute Gasteiger partial charge is 0.492 e. The average molecular weight is 323 g/mol. The lowest BCUT2D eigenvalue weighted by Crippen LogP contribution is -2.45. The van der Waals surface area contributed by atoms with Crippen LogP contribution in [0.15, 0.2) is 24.3 Å². The molecule has 23 heavy (non-hydrogen) atoms. The van der Waals surface area contributed by atoms with Crippen LogP contribution in [0.1, 0.15) is 20.3 Å². The maximum Gasteiger partial charge on any atom is 0.317 e. The summed E-state index contributed by atoms with van der Waals surface area (Å²) in [5.41, 5.74) is 0. The Balaban J connectivity index is 1.68. The molecule has 1 aromatic rings. The van der Waals surface area contributed by atoms with E-state index in [1.165, 1.54) is 12.1 Å². The Hall–Kier alpha value is -1.82. The quantitative estimate of drug-likeness (QED) is 0.874. The summed E-state index contributed by atoms with van der Waals surface area (Å²) >= 11 is 0. The fourth-order valence-electron chi connectivity index (χ4n) is 2.59. The van der Waals surface area contributed by atoms with Crippen LogP contribution in [-0.2, 0) is 0 Å². The Kier molecular flexibility index (Phi) is 6.21. The molecular formula is C17H26FN3O2. The number of amides is 2. The molecule has 1 aliphatic rings. The molecule has 0 aliphatic carbocycles. The second kappa shape index (κ2) is 8.15. The number of rotatable bonds is 6. The lowest BCUT2D eigenvalue weighted by Gasteiger charge is -2.23. The van der Waals surface area contributed by atoms with E-state index in [4.69, 9.17) is 4.74 Å². The summed E-state index contributed by atoms with van der Waals surface area (Å²) in [5.74, 6) is 0.310. The number of likely N-dealkylation sites (tertiary alicyclic amines) is 1. The van der Waals surface area contributed by atoms with E-state index in [1.54, 1.807) is 24.1 Å². The number of carbonyl (C=O) groups excluding carboxylic acids is 1. The van der Waals surface area contributed by atoms with Crippen LogP contribution >= 0.6 is 0 Å². The molecule has 2 amide bonds. The Bertz CT molecular complexity index is 507. The highest BCUT2D eigenvalue weighted by molar-refractivity contribution is 5.74. The smallest absolute Gasteiger partial charge is 0.317 e. The van der Waals surface area contributed by atoms with Crippen LogP contribution in [0, 0.1) is 5.82 Å². The number of nitrogens with one attached hydrogen (secondary N) is 1. The molecule has 1 unspecified atom stereocenters. The third kappa shape index (κ3) is 5.39. The van der Waals surface area contributed by atoms with Crippen LogP contribution in [0.3, 0.4) is 0 Å². The number of ether oxygens (including phenoxy) is 1. The summed E-state index contributed by atoms with van der Waals surface area (Å²) in [6, 6.07) is 6.51. The maximum absolute atomic E-state index is 12.8. The SMILES string of the molecule is CC(C)N1CCC(NC(=O)N(C)CCOc2ccc(F)cc2)C1. The average Bonchev–Trinajstić information content (AvgIpc) is 2.98. The molecule has 0 spiro atoms. The minimum atomic E-state index is -0.291. The van der Waals surface area contributed by atoms with Gasteiger partial charge in [-0.05, 0) is 44.5 Å². The highest BCUT2D eigenvalue weighted by Gasteiger charge is 2.26. The van der Waals surface area contributed by atoms with E-state index in [2.05, 4.69) is 24.1 Å². The molecule has 1 aromatic carbocycles. The van der Waals surface area contributed by atoms with Gasteiger partial charge in [0.15, 0.2) is 0 Å². The maximum atomic E-state index is 12.8. The Labute approximate surface area is 137 Å². The second-order valence-electron chi connectivity index (χ2n) is 6.25. The van der Waals surface area contributed by atoms with E-state index >= 15 is 0 Å². The molecule has 1 saturated heterocycles. The zero-order valence-electron chi connectivity index (χ0n) is 14.1. The van der Waals surface area contributed by atoms with E-state index < -0.39 is 0 Å². The summed E-state index contributed by atoms with van der Waals surface area (Å²) in [6.07, 6.45) is 0.990. The fraction of sp³-hybridized carbons (Fsp3) is 0.588. The Morgan fingerprint density at radius 1 is 1.43 bits per heavy atom. The van der Waals surface area contributed by atoms with Crippen LogP contribution in [0.4, 0.5) is 9.18 Å². The zero-order valence-corrected chi connectivity index (χ0v) is 14.1. The van der Waals surface area contributed by atoms with Crippen LogP contribution in [0.2, 0.25) is 0 Å². The van der Waals surface area contributed by atoms with E-state index in [-0.39, 0.29) is 17.9 Å². The van der Waals surface area contributed by atoms with Crippen molar-refractivity contribution < 1.29 is 13.9 Å². The van der Waals surface area contributed by atoms with Gasteiger partial charge in [-0.2, -0.15) is 0 Å². The molecule has 1 fully saturated rings. The number of likely N-dealkylation sites (N-methyl/N-ethyl adjacent to an activating group) is 1. The van der Waals surface area contributed by atoms with Gasteiger partial charge in [0, 0.05) is 32.2 Å². The van der Waals surface area contributed by atoms with Gasteiger partial charge in [-0.25, -0.2) is 9.18 Å². The van der Waals surface area contributed by atoms with E-state index in [9.17, 15) is 9.18 Å². The fourth-order valence-corrected chi connectivity index (χ4v) is 2.59. The topological polar surface area (TPSA) is 44.8 Å². The van der Waals surface area contributed by atoms with Crippen LogP contribution < -0.4 is 10.1 Å². The number of benzene rings is 1.